The molecular weight excluding hydrogens is 486 g/mol. The highest BCUT2D eigenvalue weighted by atomic mass is 16.6. The Labute approximate surface area is 230 Å². The molecule has 2 fully saturated rings. The highest BCUT2D eigenvalue weighted by Gasteiger charge is 2.34. The van der Waals surface area contributed by atoms with Crippen LogP contribution in [0, 0.1) is 0 Å². The van der Waals surface area contributed by atoms with Crippen LogP contribution in [0.2, 0.25) is 0 Å². The number of H-pyrrole nitrogens is 2. The Hall–Kier alpha value is -3.87. The van der Waals surface area contributed by atoms with Gasteiger partial charge in [-0.15, -0.1) is 0 Å². The van der Waals surface area contributed by atoms with Gasteiger partial charge in [-0.25, -0.2) is 14.8 Å². The minimum Gasteiger partial charge on any atom is -0.444 e. The number of imidazole rings is 2. The number of aromatic nitrogens is 4. The second kappa shape index (κ2) is 10.4. The lowest BCUT2D eigenvalue weighted by Crippen LogP contribution is -2.36. The molecule has 39 heavy (non-hydrogen) atoms. The highest BCUT2D eigenvalue weighted by Crippen LogP contribution is 2.35. The van der Waals surface area contributed by atoms with Crippen molar-refractivity contribution in [1.29, 1.82) is 0 Å². The number of aromatic amines is 2. The van der Waals surface area contributed by atoms with Gasteiger partial charge in [0.15, 0.2) is 0 Å². The number of hydrogen-bond donors (Lipinski definition) is 2. The average Bonchev–Trinajstić information content (AvgIpc) is 3.74. The topological polar surface area (TPSA) is 86.9 Å². The molecule has 2 aliphatic rings. The van der Waals surface area contributed by atoms with Crippen molar-refractivity contribution in [2.45, 2.75) is 76.9 Å². The van der Waals surface area contributed by atoms with Crippen molar-refractivity contribution in [3.63, 3.8) is 0 Å². The van der Waals surface area contributed by atoms with Crippen LogP contribution in [0.5, 0.6) is 0 Å². The van der Waals surface area contributed by atoms with Gasteiger partial charge >= 0.3 is 6.09 Å². The van der Waals surface area contributed by atoms with Gasteiger partial charge in [0.05, 0.1) is 29.8 Å². The van der Waals surface area contributed by atoms with Crippen molar-refractivity contribution in [3.8, 4) is 33.6 Å². The van der Waals surface area contributed by atoms with Crippen LogP contribution in [-0.2, 0) is 4.74 Å². The second-order valence-electron chi connectivity index (χ2n) is 11.8. The molecule has 3 heterocycles. The van der Waals surface area contributed by atoms with E-state index in [2.05, 4.69) is 68.5 Å². The van der Waals surface area contributed by atoms with Gasteiger partial charge in [0, 0.05) is 12.5 Å². The summed E-state index contributed by atoms with van der Waals surface area (Å²) in [5.74, 6) is 2.53. The van der Waals surface area contributed by atoms with E-state index in [9.17, 15) is 4.79 Å². The third kappa shape index (κ3) is 5.49. The number of ether oxygens (including phenoxy) is 1. The quantitative estimate of drug-likeness (QED) is 0.279. The van der Waals surface area contributed by atoms with Crippen LogP contribution in [0.1, 0.15) is 82.9 Å². The normalized spacial score (nSPS) is 18.1. The Morgan fingerprint density at radius 1 is 0.769 bits per heavy atom. The predicted molar refractivity (Wildman–Crippen MR) is 153 cm³/mol. The monoisotopic (exact) mass is 523 g/mol. The number of rotatable bonds is 5. The summed E-state index contributed by atoms with van der Waals surface area (Å²) < 4.78 is 5.61. The second-order valence-corrected chi connectivity index (χ2v) is 11.8. The fourth-order valence-corrected chi connectivity index (χ4v) is 5.82. The van der Waals surface area contributed by atoms with Crippen molar-refractivity contribution in [2.24, 2.45) is 0 Å². The molecule has 7 nitrogen and oxygen atoms in total. The summed E-state index contributed by atoms with van der Waals surface area (Å²) in [6.07, 6.45) is 10.5. The van der Waals surface area contributed by atoms with Crippen LogP contribution < -0.4 is 0 Å². The van der Waals surface area contributed by atoms with Crippen LogP contribution in [0.25, 0.3) is 33.6 Å². The van der Waals surface area contributed by atoms with Crippen LogP contribution in [0.4, 0.5) is 4.79 Å². The summed E-state index contributed by atoms with van der Waals surface area (Å²) in [6, 6.07) is 17.1. The van der Waals surface area contributed by atoms with Gasteiger partial charge in [-0.3, -0.25) is 4.90 Å². The summed E-state index contributed by atoms with van der Waals surface area (Å²) >= 11 is 0. The Balaban J connectivity index is 1.13. The van der Waals surface area contributed by atoms with Gasteiger partial charge in [-0.1, -0.05) is 61.4 Å². The number of nitrogens with zero attached hydrogens (tertiary/aromatic N) is 3. The molecular formula is C32H37N5O2. The molecule has 0 spiro atoms. The molecule has 202 valence electrons. The van der Waals surface area contributed by atoms with Crippen molar-refractivity contribution < 1.29 is 9.53 Å². The minimum absolute atomic E-state index is 0.0875. The van der Waals surface area contributed by atoms with Gasteiger partial charge in [-0.2, -0.15) is 0 Å². The maximum Gasteiger partial charge on any atom is 0.410 e. The van der Waals surface area contributed by atoms with Crippen LogP contribution in [0.15, 0.2) is 60.9 Å². The number of carbonyl (C=O) groups excluding carboxylic acids is 1. The molecule has 0 unspecified atom stereocenters. The lowest BCUT2D eigenvalue weighted by Gasteiger charge is -2.27. The summed E-state index contributed by atoms with van der Waals surface area (Å²) in [6.45, 7) is 6.37. The molecule has 7 heteroatoms. The molecule has 1 saturated heterocycles. The number of likely N-dealkylation sites (tertiary alicyclic amines) is 1. The van der Waals surface area contributed by atoms with Gasteiger partial charge in [-0.05, 0) is 68.7 Å². The fourth-order valence-electron chi connectivity index (χ4n) is 5.82. The molecule has 2 N–H and O–H groups in total. The maximum absolute atomic E-state index is 12.7. The van der Waals surface area contributed by atoms with Gasteiger partial charge in [0.1, 0.15) is 17.2 Å². The standard InChI is InChI=1S/C32H37N5O2/c1-32(2,3)39-31(38)37-18-6-9-28(37)30-34-20-27(36-30)24-16-12-22(13-17-24)21-10-14-23(15-11-21)26-19-33-29(35-26)25-7-4-5-8-25/h10-17,19-20,25,28H,4-9,18H2,1-3H3,(H,33,35)(H,34,36)/t28-/m0/s1. The van der Waals surface area contributed by atoms with Gasteiger partial charge < -0.3 is 14.7 Å². The Morgan fingerprint density at radius 2 is 1.28 bits per heavy atom. The minimum atomic E-state index is -0.516. The molecule has 1 atom stereocenters. The maximum atomic E-state index is 12.7. The predicted octanol–water partition coefficient (Wildman–Crippen LogP) is 7.86. The molecule has 0 radical (unpaired) electrons. The van der Waals surface area contributed by atoms with E-state index in [4.69, 9.17) is 4.74 Å². The summed E-state index contributed by atoms with van der Waals surface area (Å²) in [4.78, 5) is 30.8. The zero-order chi connectivity index (χ0) is 27.0. The summed E-state index contributed by atoms with van der Waals surface area (Å²) in [7, 11) is 0. The first-order valence-electron chi connectivity index (χ1n) is 14.1. The van der Waals surface area contributed by atoms with E-state index in [1.165, 1.54) is 31.2 Å². The van der Waals surface area contributed by atoms with Crippen molar-refractivity contribution in [1.82, 2.24) is 24.8 Å². The highest BCUT2D eigenvalue weighted by molar-refractivity contribution is 5.72. The first kappa shape index (κ1) is 25.4. The zero-order valence-corrected chi connectivity index (χ0v) is 23.0. The van der Waals surface area contributed by atoms with E-state index in [1.807, 2.05) is 33.2 Å². The van der Waals surface area contributed by atoms with Crippen molar-refractivity contribution >= 4 is 6.09 Å². The van der Waals surface area contributed by atoms with Gasteiger partial charge in [0.2, 0.25) is 0 Å². The van der Waals surface area contributed by atoms with E-state index in [0.29, 0.717) is 12.5 Å². The summed E-state index contributed by atoms with van der Waals surface area (Å²) in [5.41, 5.74) is 6.07. The first-order valence-corrected chi connectivity index (χ1v) is 14.1. The molecule has 2 aromatic carbocycles. The zero-order valence-electron chi connectivity index (χ0n) is 23.0. The molecule has 1 aliphatic carbocycles. The van der Waals surface area contributed by atoms with E-state index in [-0.39, 0.29) is 12.1 Å². The first-order chi connectivity index (χ1) is 18.8. The molecule has 1 aliphatic heterocycles. The number of nitrogens with one attached hydrogen (secondary N) is 2. The third-order valence-electron chi connectivity index (χ3n) is 7.85. The Bertz CT molecular complexity index is 1420. The van der Waals surface area contributed by atoms with E-state index >= 15 is 0 Å². The molecule has 6 rings (SSSR count). The lowest BCUT2D eigenvalue weighted by molar-refractivity contribution is 0.0218. The number of hydrogen-bond acceptors (Lipinski definition) is 4. The third-order valence-corrected chi connectivity index (χ3v) is 7.85. The smallest absolute Gasteiger partial charge is 0.410 e. The molecule has 0 bridgehead atoms. The fraction of sp³-hybridized carbons (Fsp3) is 0.406. The molecule has 1 amide bonds. The Kier molecular flexibility index (Phi) is 6.75. The Morgan fingerprint density at radius 3 is 1.85 bits per heavy atom. The number of carbonyl (C=O) groups is 1. The summed E-state index contributed by atoms with van der Waals surface area (Å²) in [5, 5.41) is 0. The lowest BCUT2D eigenvalue weighted by atomic mass is 10.0. The largest absolute Gasteiger partial charge is 0.444 e. The average molecular weight is 524 g/mol. The van der Waals surface area contributed by atoms with Crippen LogP contribution in [-0.4, -0.2) is 43.1 Å². The van der Waals surface area contributed by atoms with Crippen LogP contribution in [0.3, 0.4) is 0 Å². The van der Waals surface area contributed by atoms with Crippen LogP contribution >= 0.6 is 0 Å². The molecule has 1 saturated carbocycles. The molecule has 2 aromatic heterocycles. The molecule has 4 aromatic rings. The van der Waals surface area contributed by atoms with Crippen molar-refractivity contribution in [3.05, 3.63) is 72.6 Å². The van der Waals surface area contributed by atoms with E-state index < -0.39 is 5.60 Å². The van der Waals surface area contributed by atoms with Crippen molar-refractivity contribution in [2.75, 3.05) is 6.54 Å². The van der Waals surface area contributed by atoms with Gasteiger partial charge in [0.25, 0.3) is 0 Å². The number of amides is 1. The SMILES string of the molecule is CC(C)(C)OC(=O)N1CCC[C@H]1c1ncc(-c2ccc(-c3ccc(-c4cnc(C5CCCC5)[nH]4)cc3)cc2)[nH]1. The van der Waals surface area contributed by atoms with E-state index in [0.717, 1.165) is 52.6 Å². The number of benzene rings is 2. The van der Waals surface area contributed by atoms with E-state index in [1.54, 1.807) is 4.90 Å².